The predicted octanol–water partition coefficient (Wildman–Crippen LogP) is 6.41. The maximum absolute atomic E-state index is 12.7. The minimum Gasteiger partial charge on any atom is -0.496 e. The van der Waals surface area contributed by atoms with E-state index in [1.54, 1.807) is 19.2 Å². The summed E-state index contributed by atoms with van der Waals surface area (Å²) in [6, 6.07) is 20.8. The van der Waals surface area contributed by atoms with Crippen molar-refractivity contribution in [3.8, 4) is 11.5 Å². The summed E-state index contributed by atoms with van der Waals surface area (Å²) in [7, 11) is 1.61. The summed E-state index contributed by atoms with van der Waals surface area (Å²) in [5.41, 5.74) is 3.24. The quantitative estimate of drug-likeness (QED) is 0.449. The number of hydrogen-bond acceptors (Lipinski definition) is 3. The van der Waals surface area contributed by atoms with Gasteiger partial charge in [0.2, 0.25) is 0 Å². The molecule has 0 aliphatic carbocycles. The summed E-state index contributed by atoms with van der Waals surface area (Å²) < 4.78 is 12.5. The first kappa shape index (κ1) is 20.9. The molecule has 0 saturated heterocycles. The number of hydrogen-bond donors (Lipinski definition) is 1. The van der Waals surface area contributed by atoms with Crippen molar-refractivity contribution >= 4 is 27.5 Å². The molecule has 29 heavy (non-hydrogen) atoms. The molecule has 150 valence electrons. The van der Waals surface area contributed by atoms with Gasteiger partial charge in [-0.25, -0.2) is 0 Å². The van der Waals surface area contributed by atoms with E-state index in [9.17, 15) is 4.79 Å². The zero-order valence-corrected chi connectivity index (χ0v) is 18.3. The van der Waals surface area contributed by atoms with Crippen LogP contribution in [0.5, 0.6) is 11.5 Å². The Bertz CT molecular complexity index is 984. The fourth-order valence-electron chi connectivity index (χ4n) is 3.01. The average molecular weight is 454 g/mol. The van der Waals surface area contributed by atoms with Crippen LogP contribution in [0.2, 0.25) is 0 Å². The van der Waals surface area contributed by atoms with E-state index in [1.807, 2.05) is 48.5 Å². The maximum Gasteiger partial charge on any atom is 0.255 e. The molecule has 0 radical (unpaired) electrons. The summed E-state index contributed by atoms with van der Waals surface area (Å²) in [5, 5.41) is 2.91. The monoisotopic (exact) mass is 453 g/mol. The third kappa shape index (κ3) is 5.39. The van der Waals surface area contributed by atoms with Crippen molar-refractivity contribution in [3.63, 3.8) is 0 Å². The van der Waals surface area contributed by atoms with Gasteiger partial charge in [0.05, 0.1) is 7.11 Å². The molecular weight excluding hydrogens is 430 g/mol. The van der Waals surface area contributed by atoms with Crippen LogP contribution >= 0.6 is 15.9 Å². The van der Waals surface area contributed by atoms with Crippen LogP contribution in [0.25, 0.3) is 0 Å². The van der Waals surface area contributed by atoms with Crippen molar-refractivity contribution in [1.29, 1.82) is 0 Å². The van der Waals surface area contributed by atoms with Crippen molar-refractivity contribution in [2.45, 2.75) is 26.4 Å². The molecule has 5 heteroatoms. The van der Waals surface area contributed by atoms with Gasteiger partial charge < -0.3 is 14.8 Å². The summed E-state index contributed by atoms with van der Waals surface area (Å²) >= 11 is 3.39. The summed E-state index contributed by atoms with van der Waals surface area (Å²) in [5.74, 6) is 1.71. The highest BCUT2D eigenvalue weighted by molar-refractivity contribution is 9.10. The van der Waals surface area contributed by atoms with E-state index in [1.165, 1.54) is 0 Å². The Morgan fingerprint density at radius 2 is 1.72 bits per heavy atom. The molecule has 0 spiro atoms. The predicted molar refractivity (Wildman–Crippen MR) is 120 cm³/mol. The van der Waals surface area contributed by atoms with Gasteiger partial charge in [0.15, 0.2) is 0 Å². The average Bonchev–Trinajstić information content (AvgIpc) is 2.73. The van der Waals surface area contributed by atoms with Gasteiger partial charge >= 0.3 is 0 Å². The molecule has 0 aliphatic heterocycles. The fourth-order valence-corrected chi connectivity index (χ4v) is 3.28. The molecule has 1 N–H and O–H groups in total. The highest BCUT2D eigenvalue weighted by atomic mass is 79.9. The molecule has 3 aromatic rings. The molecule has 0 aliphatic rings. The van der Waals surface area contributed by atoms with Gasteiger partial charge in [-0.15, -0.1) is 0 Å². The van der Waals surface area contributed by atoms with Gasteiger partial charge in [-0.3, -0.25) is 4.79 Å². The molecule has 0 fully saturated rings. The van der Waals surface area contributed by atoms with Crippen molar-refractivity contribution < 1.29 is 14.3 Å². The van der Waals surface area contributed by atoms with E-state index in [2.05, 4.69) is 41.2 Å². The molecule has 4 nitrogen and oxygen atoms in total. The van der Waals surface area contributed by atoms with Crippen LogP contribution in [0.1, 0.15) is 41.3 Å². The number of methoxy groups -OCH3 is 1. The van der Waals surface area contributed by atoms with Gasteiger partial charge in [0.25, 0.3) is 5.91 Å². The van der Waals surface area contributed by atoms with Gasteiger partial charge in [-0.05, 0) is 60.0 Å². The normalized spacial score (nSPS) is 10.7. The molecule has 0 saturated carbocycles. The summed E-state index contributed by atoms with van der Waals surface area (Å²) in [6.45, 7) is 4.58. The number of carbonyl (C=O) groups excluding carboxylic acids is 1. The second kappa shape index (κ2) is 9.61. The topological polar surface area (TPSA) is 47.6 Å². The SMILES string of the molecule is COc1ccc(C(=O)Nc2ccc(Br)cc2)cc1COc1ccccc1C(C)C. The van der Waals surface area contributed by atoms with Crippen molar-refractivity contribution in [2.24, 2.45) is 0 Å². The van der Waals surface area contributed by atoms with Crippen molar-refractivity contribution in [1.82, 2.24) is 0 Å². The largest absolute Gasteiger partial charge is 0.496 e. The van der Waals surface area contributed by atoms with Gasteiger partial charge in [0.1, 0.15) is 18.1 Å². The summed E-state index contributed by atoms with van der Waals surface area (Å²) in [4.78, 5) is 12.7. The molecule has 0 bridgehead atoms. The van der Waals surface area contributed by atoms with Crippen molar-refractivity contribution in [3.05, 3.63) is 87.9 Å². The molecule has 0 aromatic heterocycles. The highest BCUT2D eigenvalue weighted by Crippen LogP contribution is 2.28. The van der Waals surface area contributed by atoms with E-state index >= 15 is 0 Å². The smallest absolute Gasteiger partial charge is 0.255 e. The van der Waals surface area contributed by atoms with E-state index in [-0.39, 0.29) is 5.91 Å². The third-order valence-electron chi connectivity index (χ3n) is 4.57. The third-order valence-corrected chi connectivity index (χ3v) is 5.10. The van der Waals surface area contributed by atoms with Gasteiger partial charge in [0, 0.05) is 21.3 Å². The second-order valence-corrected chi connectivity index (χ2v) is 7.88. The molecule has 3 rings (SSSR count). The molecule has 0 atom stereocenters. The number of benzene rings is 3. The van der Waals surface area contributed by atoms with Gasteiger partial charge in [-0.1, -0.05) is 48.0 Å². The molecule has 0 unspecified atom stereocenters. The molecular formula is C24H24BrNO3. The van der Waals surface area contributed by atoms with Crippen LogP contribution in [-0.2, 0) is 6.61 Å². The maximum atomic E-state index is 12.7. The number of anilines is 1. The number of nitrogens with one attached hydrogen (secondary N) is 1. The van der Waals surface area contributed by atoms with E-state index in [0.717, 1.165) is 27.0 Å². The van der Waals surface area contributed by atoms with Crippen LogP contribution < -0.4 is 14.8 Å². The molecule has 3 aromatic carbocycles. The Morgan fingerprint density at radius 1 is 1.00 bits per heavy atom. The first-order valence-corrected chi connectivity index (χ1v) is 10.2. The lowest BCUT2D eigenvalue weighted by atomic mass is 10.0. The lowest BCUT2D eigenvalue weighted by molar-refractivity contribution is 0.102. The lowest BCUT2D eigenvalue weighted by Crippen LogP contribution is -2.13. The van der Waals surface area contributed by atoms with E-state index in [0.29, 0.717) is 23.8 Å². The Labute approximate surface area is 180 Å². The number of amides is 1. The lowest BCUT2D eigenvalue weighted by Gasteiger charge is -2.16. The first-order valence-electron chi connectivity index (χ1n) is 9.43. The number of carbonyl (C=O) groups is 1. The van der Waals surface area contributed by atoms with Crippen LogP contribution in [0.15, 0.2) is 71.2 Å². The van der Waals surface area contributed by atoms with Gasteiger partial charge in [-0.2, -0.15) is 0 Å². The van der Waals surface area contributed by atoms with E-state index < -0.39 is 0 Å². The Morgan fingerprint density at radius 3 is 2.41 bits per heavy atom. The fraction of sp³-hybridized carbons (Fsp3) is 0.208. The zero-order chi connectivity index (χ0) is 20.8. The van der Waals surface area contributed by atoms with Crippen molar-refractivity contribution in [2.75, 3.05) is 12.4 Å². The Hall–Kier alpha value is -2.79. The minimum absolute atomic E-state index is 0.182. The Kier molecular flexibility index (Phi) is 6.94. The number of halogens is 1. The second-order valence-electron chi connectivity index (χ2n) is 6.97. The zero-order valence-electron chi connectivity index (χ0n) is 16.7. The Balaban J connectivity index is 1.78. The van der Waals surface area contributed by atoms with Crippen LogP contribution in [-0.4, -0.2) is 13.0 Å². The standard InChI is InChI=1S/C24H24BrNO3/c1-16(2)21-6-4-5-7-23(21)29-15-18-14-17(8-13-22(18)28-3)24(27)26-20-11-9-19(25)10-12-20/h4-14,16H,15H2,1-3H3,(H,26,27). The number of para-hydroxylation sites is 1. The van der Waals surface area contributed by atoms with E-state index in [4.69, 9.17) is 9.47 Å². The van der Waals surface area contributed by atoms with Crippen LogP contribution in [0.3, 0.4) is 0 Å². The molecule has 0 heterocycles. The summed E-state index contributed by atoms with van der Waals surface area (Å²) in [6.07, 6.45) is 0. The molecule has 1 amide bonds. The minimum atomic E-state index is -0.182. The number of ether oxygens (including phenoxy) is 2. The van der Waals surface area contributed by atoms with Crippen LogP contribution in [0.4, 0.5) is 5.69 Å². The first-order chi connectivity index (χ1) is 14.0. The van der Waals surface area contributed by atoms with Crippen LogP contribution in [0, 0.1) is 0 Å². The highest BCUT2D eigenvalue weighted by Gasteiger charge is 2.13. The number of rotatable bonds is 7.